The summed E-state index contributed by atoms with van der Waals surface area (Å²) in [6.07, 6.45) is 1.91. The van der Waals surface area contributed by atoms with E-state index in [2.05, 4.69) is 27.3 Å². The molecule has 7 nitrogen and oxygen atoms in total. The zero-order valence-corrected chi connectivity index (χ0v) is 17.8. The van der Waals surface area contributed by atoms with Crippen LogP contribution in [-0.2, 0) is 6.54 Å². The van der Waals surface area contributed by atoms with Crippen molar-refractivity contribution in [1.29, 1.82) is 0 Å². The first kappa shape index (κ1) is 21.7. The van der Waals surface area contributed by atoms with Crippen LogP contribution >= 0.6 is 23.2 Å². The maximum Gasteiger partial charge on any atom is 0.218 e. The van der Waals surface area contributed by atoms with Crippen LogP contribution in [0.2, 0.25) is 10.0 Å². The lowest BCUT2D eigenvalue weighted by molar-refractivity contribution is 0.0793. The lowest BCUT2D eigenvalue weighted by Gasteiger charge is -2.18. The van der Waals surface area contributed by atoms with Crippen LogP contribution in [0.3, 0.4) is 0 Å². The number of carbonyl (C=O) groups is 1. The van der Waals surface area contributed by atoms with Crippen LogP contribution in [0.5, 0.6) is 0 Å². The zero-order chi connectivity index (χ0) is 22.1. The largest absolute Gasteiger partial charge is 0.390 e. The molecule has 0 saturated heterocycles. The van der Waals surface area contributed by atoms with Crippen molar-refractivity contribution in [2.45, 2.75) is 31.3 Å². The number of aromatic nitrogens is 4. The van der Waals surface area contributed by atoms with E-state index in [1.165, 1.54) is 12.5 Å². The standard InChI is InChI=1S/C21H19Cl2FN5O2/c1-11-6-17(18(24)19(11)30)27-21-14(8-25-10-26-21)20(31)16-4-5-29(28-16)9-12-7-13(22)2-3-15(12)23/h2-5,7-8,10-11,17-19,30H,1,6,9H2,(H,25,26,27)/t11-,17-,18-,19-/m1/s1. The number of ketones is 1. The minimum atomic E-state index is -1.51. The lowest BCUT2D eigenvalue weighted by atomic mass is 10.1. The highest BCUT2D eigenvalue weighted by Crippen LogP contribution is 2.31. The molecule has 4 rings (SSSR count). The second-order valence-electron chi connectivity index (χ2n) is 7.43. The van der Waals surface area contributed by atoms with Crippen LogP contribution in [0.15, 0.2) is 43.0 Å². The molecule has 1 saturated carbocycles. The van der Waals surface area contributed by atoms with E-state index in [0.717, 1.165) is 5.56 Å². The molecule has 10 heteroatoms. The van der Waals surface area contributed by atoms with E-state index in [1.807, 2.05) is 0 Å². The molecule has 1 fully saturated rings. The number of alkyl halides is 1. The maximum absolute atomic E-state index is 14.3. The van der Waals surface area contributed by atoms with E-state index in [-0.39, 0.29) is 17.1 Å². The van der Waals surface area contributed by atoms with Gasteiger partial charge in [-0.25, -0.2) is 14.4 Å². The second kappa shape index (κ2) is 8.90. The van der Waals surface area contributed by atoms with Crippen molar-refractivity contribution in [2.75, 3.05) is 5.32 Å². The summed E-state index contributed by atoms with van der Waals surface area (Å²) in [5, 5.41) is 18.2. The van der Waals surface area contributed by atoms with E-state index in [1.54, 1.807) is 35.1 Å². The molecule has 31 heavy (non-hydrogen) atoms. The Morgan fingerprint density at radius 3 is 2.90 bits per heavy atom. The van der Waals surface area contributed by atoms with Gasteiger partial charge in [0, 0.05) is 22.4 Å². The van der Waals surface area contributed by atoms with Crippen LogP contribution in [0.25, 0.3) is 0 Å². The van der Waals surface area contributed by atoms with Gasteiger partial charge in [0.1, 0.15) is 24.0 Å². The van der Waals surface area contributed by atoms with Crippen molar-refractivity contribution in [3.05, 3.63) is 76.8 Å². The Morgan fingerprint density at radius 2 is 2.16 bits per heavy atom. The molecule has 0 amide bonds. The number of hydrogen-bond donors (Lipinski definition) is 2. The summed E-state index contributed by atoms with van der Waals surface area (Å²) in [5.41, 5.74) is 1.09. The van der Waals surface area contributed by atoms with Gasteiger partial charge in [-0.15, -0.1) is 0 Å². The maximum atomic E-state index is 14.3. The summed E-state index contributed by atoms with van der Waals surface area (Å²) in [6, 6.07) is 5.99. The number of anilines is 1. The highest BCUT2D eigenvalue weighted by atomic mass is 35.5. The number of rotatable bonds is 6. The molecular formula is C21H19Cl2FN5O2. The van der Waals surface area contributed by atoms with Gasteiger partial charge in [-0.05, 0) is 49.1 Å². The van der Waals surface area contributed by atoms with Crippen molar-refractivity contribution >= 4 is 34.8 Å². The summed E-state index contributed by atoms with van der Waals surface area (Å²) < 4.78 is 15.9. The summed E-state index contributed by atoms with van der Waals surface area (Å²) in [7, 11) is 0. The van der Waals surface area contributed by atoms with Gasteiger partial charge in [0.15, 0.2) is 0 Å². The molecule has 0 spiro atoms. The first-order chi connectivity index (χ1) is 14.8. The molecule has 3 aromatic rings. The van der Waals surface area contributed by atoms with Crippen LogP contribution in [0, 0.1) is 12.8 Å². The van der Waals surface area contributed by atoms with Gasteiger partial charge in [0.2, 0.25) is 5.78 Å². The second-order valence-corrected chi connectivity index (χ2v) is 8.27. The van der Waals surface area contributed by atoms with Crippen LogP contribution in [-0.4, -0.2) is 49.0 Å². The quantitative estimate of drug-likeness (QED) is 0.543. The van der Waals surface area contributed by atoms with Gasteiger partial charge in [0.05, 0.1) is 24.3 Å². The van der Waals surface area contributed by atoms with E-state index in [9.17, 15) is 14.3 Å². The number of nitrogens with one attached hydrogen (secondary N) is 1. The molecule has 1 aliphatic carbocycles. The highest BCUT2D eigenvalue weighted by molar-refractivity contribution is 6.33. The molecule has 2 N–H and O–H groups in total. The monoisotopic (exact) mass is 462 g/mol. The zero-order valence-electron chi connectivity index (χ0n) is 16.3. The molecule has 1 aromatic carbocycles. The fraction of sp³-hybridized carbons (Fsp3) is 0.286. The number of nitrogens with zero attached hydrogens (tertiary/aromatic N) is 4. The van der Waals surface area contributed by atoms with Gasteiger partial charge in [0.25, 0.3) is 0 Å². The molecule has 161 valence electrons. The summed E-state index contributed by atoms with van der Waals surface area (Å²) in [5.74, 6) is -0.678. The van der Waals surface area contributed by atoms with Gasteiger partial charge >= 0.3 is 0 Å². The molecular weight excluding hydrogens is 444 g/mol. The highest BCUT2D eigenvalue weighted by Gasteiger charge is 2.41. The Balaban J connectivity index is 1.54. The van der Waals surface area contributed by atoms with Crippen LogP contribution in [0.1, 0.15) is 28.0 Å². The Bertz CT molecular complexity index is 1110. The van der Waals surface area contributed by atoms with Crippen molar-refractivity contribution in [3.8, 4) is 0 Å². The van der Waals surface area contributed by atoms with Gasteiger partial charge in [-0.2, -0.15) is 5.10 Å². The minimum absolute atomic E-state index is 0.155. The molecule has 4 atom stereocenters. The molecule has 2 heterocycles. The predicted octanol–water partition coefficient (Wildman–Crippen LogP) is 3.59. The average Bonchev–Trinajstić information content (AvgIpc) is 3.31. The number of carbonyl (C=O) groups excluding carboxylic acids is 1. The number of aliphatic hydroxyl groups excluding tert-OH is 1. The summed E-state index contributed by atoms with van der Waals surface area (Å²) in [4.78, 5) is 21.0. The number of aliphatic hydroxyl groups is 1. The third kappa shape index (κ3) is 4.56. The van der Waals surface area contributed by atoms with Crippen molar-refractivity contribution < 1.29 is 14.3 Å². The molecule has 2 aromatic heterocycles. The first-order valence-corrected chi connectivity index (χ1v) is 10.3. The smallest absolute Gasteiger partial charge is 0.218 e. The number of halogens is 3. The Labute approximate surface area is 188 Å². The topological polar surface area (TPSA) is 92.9 Å². The lowest BCUT2D eigenvalue weighted by Crippen LogP contribution is -2.32. The Kier molecular flexibility index (Phi) is 6.22. The molecule has 0 bridgehead atoms. The molecule has 1 radical (unpaired) electrons. The van der Waals surface area contributed by atoms with Gasteiger partial charge in [-0.1, -0.05) is 23.2 Å². The fourth-order valence-corrected chi connectivity index (χ4v) is 3.94. The normalized spacial score (nSPS) is 23.1. The molecule has 0 aliphatic heterocycles. The number of benzene rings is 1. The van der Waals surface area contributed by atoms with Crippen LogP contribution in [0.4, 0.5) is 10.2 Å². The van der Waals surface area contributed by atoms with E-state index < -0.39 is 30.0 Å². The van der Waals surface area contributed by atoms with Gasteiger partial charge in [-0.3, -0.25) is 9.48 Å². The van der Waals surface area contributed by atoms with Gasteiger partial charge < -0.3 is 10.4 Å². The fourth-order valence-electron chi connectivity index (χ4n) is 3.57. The summed E-state index contributed by atoms with van der Waals surface area (Å²) >= 11 is 12.2. The van der Waals surface area contributed by atoms with Crippen molar-refractivity contribution in [1.82, 2.24) is 19.7 Å². The molecule has 0 unspecified atom stereocenters. The third-order valence-corrected chi connectivity index (χ3v) is 5.85. The SMILES string of the molecule is [CH2][C@@H]1C[C@@H](Nc2ncncc2C(=O)c2ccn(Cc3cc(Cl)ccc3Cl)n2)[C@@H](F)[C@@H]1O. The van der Waals surface area contributed by atoms with E-state index in [0.29, 0.717) is 23.0 Å². The Hall–Kier alpha value is -2.55. The predicted molar refractivity (Wildman–Crippen MR) is 115 cm³/mol. The first-order valence-electron chi connectivity index (χ1n) is 9.57. The van der Waals surface area contributed by atoms with Crippen LogP contribution < -0.4 is 5.32 Å². The van der Waals surface area contributed by atoms with Crippen molar-refractivity contribution in [2.24, 2.45) is 5.92 Å². The van der Waals surface area contributed by atoms with E-state index in [4.69, 9.17) is 23.2 Å². The average molecular weight is 463 g/mol. The molecule has 1 aliphatic rings. The number of hydrogen-bond acceptors (Lipinski definition) is 6. The minimum Gasteiger partial charge on any atom is -0.390 e. The van der Waals surface area contributed by atoms with E-state index >= 15 is 0 Å². The Morgan fingerprint density at radius 1 is 1.35 bits per heavy atom. The summed E-state index contributed by atoms with van der Waals surface area (Å²) in [6.45, 7) is 4.09. The third-order valence-electron chi connectivity index (χ3n) is 5.24. The van der Waals surface area contributed by atoms with Crippen molar-refractivity contribution in [3.63, 3.8) is 0 Å².